The van der Waals surface area contributed by atoms with Crippen molar-refractivity contribution in [1.82, 2.24) is 5.32 Å². The minimum Gasteiger partial charge on any atom is -0.493 e. The fraction of sp³-hybridized carbons (Fsp3) is 0.500. The summed E-state index contributed by atoms with van der Waals surface area (Å²) < 4.78 is 10.6. The molecule has 1 aromatic rings. The van der Waals surface area contributed by atoms with E-state index in [1.165, 1.54) is 13.2 Å². The summed E-state index contributed by atoms with van der Waals surface area (Å²) in [6.45, 7) is 6.01. The molecule has 0 aliphatic carbocycles. The fourth-order valence-corrected chi connectivity index (χ4v) is 1.99. The second kappa shape index (κ2) is 8.26. The van der Waals surface area contributed by atoms with Crippen LogP contribution in [0.25, 0.3) is 0 Å². The maximum atomic E-state index is 12.2. The molecule has 0 saturated heterocycles. The Hall–Kier alpha value is -2.24. The van der Waals surface area contributed by atoms with E-state index in [9.17, 15) is 14.7 Å². The van der Waals surface area contributed by atoms with E-state index in [-0.39, 0.29) is 5.92 Å². The van der Waals surface area contributed by atoms with Crippen LogP contribution >= 0.6 is 0 Å². The molecule has 1 rings (SSSR count). The van der Waals surface area contributed by atoms with Gasteiger partial charge in [-0.15, -0.1) is 0 Å². The second-order valence-electron chi connectivity index (χ2n) is 4.97. The van der Waals surface area contributed by atoms with Gasteiger partial charge < -0.3 is 19.9 Å². The molecule has 0 aliphatic rings. The topological polar surface area (TPSA) is 84.9 Å². The van der Waals surface area contributed by atoms with E-state index in [1.807, 2.05) is 13.8 Å². The number of ether oxygens (including phenoxy) is 2. The average molecular weight is 309 g/mol. The van der Waals surface area contributed by atoms with Crippen molar-refractivity contribution in [3.63, 3.8) is 0 Å². The summed E-state index contributed by atoms with van der Waals surface area (Å²) in [6.07, 6.45) is 0.657. The highest BCUT2D eigenvalue weighted by atomic mass is 16.5. The maximum Gasteiger partial charge on any atom is 0.326 e. The van der Waals surface area contributed by atoms with Gasteiger partial charge in [0.25, 0.3) is 5.91 Å². The number of nitrogens with one attached hydrogen (secondary N) is 1. The van der Waals surface area contributed by atoms with Crippen LogP contribution in [0.2, 0.25) is 0 Å². The van der Waals surface area contributed by atoms with Crippen molar-refractivity contribution in [1.29, 1.82) is 0 Å². The number of hydrogen-bond donors (Lipinski definition) is 2. The summed E-state index contributed by atoms with van der Waals surface area (Å²) in [7, 11) is 1.48. The highest BCUT2D eigenvalue weighted by Crippen LogP contribution is 2.28. The van der Waals surface area contributed by atoms with E-state index in [4.69, 9.17) is 9.47 Å². The highest BCUT2D eigenvalue weighted by Gasteiger charge is 2.26. The largest absolute Gasteiger partial charge is 0.493 e. The lowest BCUT2D eigenvalue weighted by Gasteiger charge is -2.20. The van der Waals surface area contributed by atoms with Crippen LogP contribution in [0.4, 0.5) is 0 Å². The zero-order valence-corrected chi connectivity index (χ0v) is 13.4. The minimum atomic E-state index is -1.04. The molecule has 2 N–H and O–H groups in total. The third-order valence-electron chi connectivity index (χ3n) is 3.49. The van der Waals surface area contributed by atoms with Crippen molar-refractivity contribution in [2.24, 2.45) is 5.92 Å². The average Bonchev–Trinajstić information content (AvgIpc) is 2.51. The lowest BCUT2D eigenvalue weighted by Crippen LogP contribution is -2.45. The molecule has 6 nitrogen and oxygen atoms in total. The van der Waals surface area contributed by atoms with E-state index in [0.717, 1.165) is 0 Å². The summed E-state index contributed by atoms with van der Waals surface area (Å²) in [5, 5.41) is 11.8. The number of aliphatic carboxylic acids is 1. The molecule has 0 aromatic heterocycles. The van der Waals surface area contributed by atoms with Crippen molar-refractivity contribution >= 4 is 11.9 Å². The van der Waals surface area contributed by atoms with E-state index in [1.54, 1.807) is 19.1 Å². The minimum absolute atomic E-state index is 0.161. The van der Waals surface area contributed by atoms with Gasteiger partial charge in [-0.2, -0.15) is 0 Å². The van der Waals surface area contributed by atoms with E-state index < -0.39 is 17.9 Å². The van der Waals surface area contributed by atoms with Crippen molar-refractivity contribution in [3.8, 4) is 11.5 Å². The summed E-state index contributed by atoms with van der Waals surface area (Å²) in [5.74, 6) is -0.677. The molecule has 0 fully saturated rings. The van der Waals surface area contributed by atoms with Crippen LogP contribution < -0.4 is 14.8 Å². The SMILES string of the molecule is CCOc1ccc(C(=O)NC(C(=O)O)C(C)CC)cc1OC. The van der Waals surface area contributed by atoms with Gasteiger partial charge in [0.05, 0.1) is 13.7 Å². The number of carbonyl (C=O) groups excluding carboxylic acids is 1. The molecule has 0 bridgehead atoms. The van der Waals surface area contributed by atoms with Crippen LogP contribution in [0.3, 0.4) is 0 Å². The van der Waals surface area contributed by atoms with Gasteiger partial charge in [-0.1, -0.05) is 20.3 Å². The molecule has 2 atom stereocenters. The number of amides is 1. The number of carboxylic acid groups (broad SMARTS) is 1. The first-order chi connectivity index (χ1) is 10.4. The summed E-state index contributed by atoms with van der Waals surface area (Å²) in [4.78, 5) is 23.5. The Balaban J connectivity index is 2.95. The van der Waals surface area contributed by atoms with Crippen LogP contribution in [0.5, 0.6) is 11.5 Å². The Morgan fingerprint density at radius 2 is 1.95 bits per heavy atom. The molecule has 1 aromatic carbocycles. The van der Waals surface area contributed by atoms with Crippen molar-refractivity contribution < 1.29 is 24.2 Å². The standard InChI is InChI=1S/C16H23NO5/c1-5-10(3)14(16(19)20)17-15(18)11-7-8-12(22-6-2)13(9-11)21-4/h7-10,14H,5-6H2,1-4H3,(H,17,18)(H,19,20). The quantitative estimate of drug-likeness (QED) is 0.770. The summed E-state index contributed by atoms with van der Waals surface area (Å²) >= 11 is 0. The van der Waals surface area contributed by atoms with E-state index in [2.05, 4.69) is 5.32 Å². The monoisotopic (exact) mass is 309 g/mol. The molecule has 6 heteroatoms. The first-order valence-electron chi connectivity index (χ1n) is 7.29. The van der Waals surface area contributed by atoms with Gasteiger partial charge in [0.1, 0.15) is 6.04 Å². The first kappa shape index (κ1) is 17.8. The summed E-state index contributed by atoms with van der Waals surface area (Å²) in [6, 6.07) is 3.83. The van der Waals surface area contributed by atoms with Crippen LogP contribution in [0.1, 0.15) is 37.6 Å². The predicted molar refractivity (Wildman–Crippen MR) is 82.5 cm³/mol. The Morgan fingerprint density at radius 3 is 2.45 bits per heavy atom. The number of rotatable bonds is 8. The molecular formula is C16H23NO5. The van der Waals surface area contributed by atoms with Crippen molar-refractivity contribution in [3.05, 3.63) is 23.8 Å². The fourth-order valence-electron chi connectivity index (χ4n) is 1.99. The molecule has 22 heavy (non-hydrogen) atoms. The third-order valence-corrected chi connectivity index (χ3v) is 3.49. The molecule has 0 aliphatic heterocycles. The van der Waals surface area contributed by atoms with Crippen molar-refractivity contribution in [2.45, 2.75) is 33.2 Å². The Bertz CT molecular complexity index is 529. The van der Waals surface area contributed by atoms with Gasteiger partial charge in [0, 0.05) is 5.56 Å². The lowest BCUT2D eigenvalue weighted by atomic mass is 9.99. The van der Waals surface area contributed by atoms with Gasteiger partial charge in [0.15, 0.2) is 11.5 Å². The Labute approximate surface area is 130 Å². The smallest absolute Gasteiger partial charge is 0.326 e. The van der Waals surface area contributed by atoms with E-state index >= 15 is 0 Å². The predicted octanol–water partition coefficient (Wildman–Crippen LogP) is 2.32. The Morgan fingerprint density at radius 1 is 1.27 bits per heavy atom. The van der Waals surface area contributed by atoms with Gasteiger partial charge in [0.2, 0.25) is 0 Å². The zero-order chi connectivity index (χ0) is 16.7. The molecule has 1 amide bonds. The molecule has 0 saturated carbocycles. The Kier molecular flexibility index (Phi) is 6.69. The maximum absolute atomic E-state index is 12.2. The molecular weight excluding hydrogens is 286 g/mol. The zero-order valence-electron chi connectivity index (χ0n) is 13.4. The highest BCUT2D eigenvalue weighted by molar-refractivity contribution is 5.97. The normalized spacial score (nSPS) is 13.1. The van der Waals surface area contributed by atoms with Crippen LogP contribution in [0, 0.1) is 5.92 Å². The van der Waals surface area contributed by atoms with Crippen LogP contribution in [-0.4, -0.2) is 36.7 Å². The third kappa shape index (κ3) is 4.38. The van der Waals surface area contributed by atoms with Gasteiger partial charge in [-0.3, -0.25) is 4.79 Å². The molecule has 122 valence electrons. The van der Waals surface area contributed by atoms with Crippen LogP contribution in [-0.2, 0) is 4.79 Å². The number of hydrogen-bond acceptors (Lipinski definition) is 4. The van der Waals surface area contributed by atoms with Gasteiger partial charge in [-0.05, 0) is 31.0 Å². The number of carboxylic acids is 1. The molecule has 0 heterocycles. The molecule has 2 unspecified atom stereocenters. The second-order valence-corrected chi connectivity index (χ2v) is 4.97. The summed E-state index contributed by atoms with van der Waals surface area (Å²) in [5.41, 5.74) is 0.329. The number of carbonyl (C=O) groups is 2. The lowest BCUT2D eigenvalue weighted by molar-refractivity contribution is -0.140. The molecule has 0 spiro atoms. The van der Waals surface area contributed by atoms with E-state index in [0.29, 0.717) is 30.1 Å². The first-order valence-corrected chi connectivity index (χ1v) is 7.29. The molecule has 0 radical (unpaired) electrons. The van der Waals surface area contributed by atoms with Gasteiger partial charge >= 0.3 is 5.97 Å². The van der Waals surface area contributed by atoms with Gasteiger partial charge in [-0.25, -0.2) is 4.79 Å². The number of methoxy groups -OCH3 is 1. The number of benzene rings is 1. The van der Waals surface area contributed by atoms with Crippen molar-refractivity contribution in [2.75, 3.05) is 13.7 Å². The van der Waals surface area contributed by atoms with Crippen LogP contribution in [0.15, 0.2) is 18.2 Å².